The zero-order valence-electron chi connectivity index (χ0n) is 22.4. The average molecular weight is 589 g/mol. The van der Waals surface area contributed by atoms with E-state index in [0.717, 1.165) is 16.7 Å². The van der Waals surface area contributed by atoms with Gasteiger partial charge in [-0.05, 0) is 56.5 Å². The number of hydrogen-bond acceptors (Lipinski definition) is 9. The topological polar surface area (TPSA) is 114 Å². The van der Waals surface area contributed by atoms with Crippen LogP contribution in [0.4, 0.5) is 0 Å². The Kier molecular flexibility index (Phi) is 8.44. The van der Waals surface area contributed by atoms with Crippen LogP contribution in [0.15, 0.2) is 88.7 Å². The van der Waals surface area contributed by atoms with Gasteiger partial charge >= 0.3 is 0 Å². The van der Waals surface area contributed by atoms with Crippen LogP contribution in [0.3, 0.4) is 0 Å². The van der Waals surface area contributed by atoms with Crippen molar-refractivity contribution in [3.05, 3.63) is 95.6 Å². The van der Waals surface area contributed by atoms with Crippen molar-refractivity contribution in [2.75, 3.05) is 7.11 Å². The third-order valence-electron chi connectivity index (χ3n) is 7.12. The van der Waals surface area contributed by atoms with E-state index in [1.807, 2.05) is 44.2 Å². The summed E-state index contributed by atoms with van der Waals surface area (Å²) in [6, 6.07) is 21.8. The molecule has 0 aromatic heterocycles. The Morgan fingerprint density at radius 1 is 0.675 bits per heavy atom. The van der Waals surface area contributed by atoms with Gasteiger partial charge in [-0.15, -0.1) is 0 Å². The molecule has 2 saturated heterocycles. The van der Waals surface area contributed by atoms with Gasteiger partial charge in [0.1, 0.15) is 12.2 Å². The van der Waals surface area contributed by atoms with Crippen LogP contribution >= 0.6 is 0 Å². The van der Waals surface area contributed by atoms with Gasteiger partial charge in [0.2, 0.25) is 0 Å². The second-order valence-electron chi connectivity index (χ2n) is 10.0. The van der Waals surface area contributed by atoms with E-state index in [1.165, 1.54) is 31.4 Å². The van der Waals surface area contributed by atoms with Crippen molar-refractivity contribution in [1.82, 2.24) is 0 Å². The molecule has 0 bridgehead atoms. The van der Waals surface area contributed by atoms with Gasteiger partial charge in [0.25, 0.3) is 20.2 Å². The SMILES string of the molecule is CO[C@H]1O[C@@H]2CC[C@H](c3ccccc3)O[C@@H]2[C@H](OS(=O)(=O)c2ccc(C)cc2)[C@H]1OS(=O)(=O)c1ccc(C)cc1. The Morgan fingerprint density at radius 2 is 1.20 bits per heavy atom. The Bertz CT molecular complexity index is 1510. The molecule has 0 spiro atoms. The minimum atomic E-state index is -4.37. The van der Waals surface area contributed by atoms with Gasteiger partial charge in [0.05, 0.1) is 22.0 Å². The lowest BCUT2D eigenvalue weighted by Crippen LogP contribution is -2.62. The predicted molar refractivity (Wildman–Crippen MR) is 145 cm³/mol. The van der Waals surface area contributed by atoms with E-state index in [4.69, 9.17) is 22.6 Å². The molecule has 2 heterocycles. The number of fused-ring (bicyclic) bond motifs is 1. The maximum absolute atomic E-state index is 13.5. The summed E-state index contributed by atoms with van der Waals surface area (Å²) in [5.74, 6) is 0. The van der Waals surface area contributed by atoms with Gasteiger partial charge in [-0.3, -0.25) is 8.37 Å². The molecule has 2 aliphatic heterocycles. The third kappa shape index (κ3) is 6.15. The molecule has 5 rings (SSSR count). The first-order valence-corrected chi connectivity index (χ1v) is 15.8. The summed E-state index contributed by atoms with van der Waals surface area (Å²) in [4.78, 5) is -0.174. The molecular formula is C29H32O9S2. The monoisotopic (exact) mass is 588 g/mol. The van der Waals surface area contributed by atoms with Crippen LogP contribution in [-0.2, 0) is 42.8 Å². The van der Waals surface area contributed by atoms with Gasteiger partial charge in [-0.2, -0.15) is 16.8 Å². The lowest BCUT2D eigenvalue weighted by atomic mass is 9.90. The second-order valence-corrected chi connectivity index (χ2v) is 13.2. The molecular weight excluding hydrogens is 556 g/mol. The van der Waals surface area contributed by atoms with Gasteiger partial charge in [0.15, 0.2) is 12.4 Å². The molecule has 0 unspecified atom stereocenters. The normalized spacial score (nSPS) is 27.2. The number of hydrogen-bond donors (Lipinski definition) is 0. The van der Waals surface area contributed by atoms with E-state index in [1.54, 1.807) is 24.3 Å². The van der Waals surface area contributed by atoms with Crippen LogP contribution < -0.4 is 0 Å². The summed E-state index contributed by atoms with van der Waals surface area (Å²) in [6.45, 7) is 3.67. The highest BCUT2D eigenvalue weighted by atomic mass is 32.2. The highest BCUT2D eigenvalue weighted by molar-refractivity contribution is 7.87. The summed E-state index contributed by atoms with van der Waals surface area (Å²) in [7, 11) is -7.40. The Morgan fingerprint density at radius 3 is 1.73 bits per heavy atom. The van der Waals surface area contributed by atoms with Gasteiger partial charge in [0, 0.05) is 7.11 Å². The largest absolute Gasteiger partial charge is 0.365 e. The summed E-state index contributed by atoms with van der Waals surface area (Å²) in [6.07, 6.45) is -5.00. The van der Waals surface area contributed by atoms with Crippen molar-refractivity contribution in [3.8, 4) is 0 Å². The fraction of sp³-hybridized carbons (Fsp3) is 0.379. The minimum Gasteiger partial charge on any atom is -0.365 e. The maximum Gasteiger partial charge on any atom is 0.297 e. The molecule has 0 saturated carbocycles. The predicted octanol–water partition coefficient (Wildman–Crippen LogP) is 4.44. The first-order chi connectivity index (χ1) is 19.1. The molecule has 214 valence electrons. The summed E-state index contributed by atoms with van der Waals surface area (Å²) in [5, 5.41) is 0. The van der Waals surface area contributed by atoms with Crippen molar-refractivity contribution in [1.29, 1.82) is 0 Å². The van der Waals surface area contributed by atoms with Crippen LogP contribution in [0.25, 0.3) is 0 Å². The fourth-order valence-electron chi connectivity index (χ4n) is 4.98. The van der Waals surface area contributed by atoms with E-state index >= 15 is 0 Å². The van der Waals surface area contributed by atoms with Crippen LogP contribution in [0, 0.1) is 13.8 Å². The molecule has 9 nitrogen and oxygen atoms in total. The highest BCUT2D eigenvalue weighted by Gasteiger charge is 2.54. The molecule has 11 heteroatoms. The van der Waals surface area contributed by atoms with E-state index < -0.39 is 50.9 Å². The molecule has 3 aromatic rings. The summed E-state index contributed by atoms with van der Waals surface area (Å²) in [5.41, 5.74) is 2.64. The van der Waals surface area contributed by atoms with Crippen LogP contribution in [0.5, 0.6) is 0 Å². The number of methoxy groups -OCH3 is 1. The standard InChI is InChI=1S/C29H32O9S2/c1-19-9-13-22(14-10-19)39(30,31)37-27-26-25(18-17-24(35-26)21-7-5-4-6-8-21)36-29(34-3)28(27)38-40(32,33)23-15-11-20(2)12-16-23/h4-16,24-29H,17-18H2,1-3H3/t24-,25-,26+,27+,28-,29+/m1/s1. The molecule has 2 fully saturated rings. The molecule has 3 aromatic carbocycles. The molecule has 6 atom stereocenters. The van der Waals surface area contributed by atoms with Crippen molar-refractivity contribution in [3.63, 3.8) is 0 Å². The lowest BCUT2D eigenvalue weighted by molar-refractivity contribution is -0.305. The quantitative estimate of drug-likeness (QED) is 0.352. The first-order valence-electron chi connectivity index (χ1n) is 13.0. The Hall–Kier alpha value is -2.64. The molecule has 2 aliphatic rings. The smallest absolute Gasteiger partial charge is 0.297 e. The van der Waals surface area contributed by atoms with Crippen LogP contribution in [0.2, 0.25) is 0 Å². The van der Waals surface area contributed by atoms with Crippen LogP contribution in [-0.4, -0.2) is 54.7 Å². The lowest BCUT2D eigenvalue weighted by Gasteiger charge is -2.48. The van der Waals surface area contributed by atoms with Crippen LogP contribution in [0.1, 0.15) is 35.6 Å². The van der Waals surface area contributed by atoms with Gasteiger partial charge < -0.3 is 14.2 Å². The van der Waals surface area contributed by atoms with E-state index in [2.05, 4.69) is 0 Å². The van der Waals surface area contributed by atoms with Crippen molar-refractivity contribution >= 4 is 20.2 Å². The summed E-state index contributed by atoms with van der Waals surface area (Å²) < 4.78 is 83.1. The van der Waals surface area contributed by atoms with Gasteiger partial charge in [-0.1, -0.05) is 65.7 Å². The van der Waals surface area contributed by atoms with Crippen molar-refractivity contribution in [2.24, 2.45) is 0 Å². The average Bonchev–Trinajstić information content (AvgIpc) is 2.94. The van der Waals surface area contributed by atoms with E-state index in [-0.39, 0.29) is 15.9 Å². The van der Waals surface area contributed by atoms with E-state index in [9.17, 15) is 16.8 Å². The number of benzene rings is 3. The summed E-state index contributed by atoms with van der Waals surface area (Å²) >= 11 is 0. The first kappa shape index (κ1) is 28.9. The van der Waals surface area contributed by atoms with Crippen molar-refractivity contribution in [2.45, 2.75) is 73.3 Å². The highest BCUT2D eigenvalue weighted by Crippen LogP contribution is 2.41. The fourth-order valence-corrected chi connectivity index (χ4v) is 7.14. The number of ether oxygens (including phenoxy) is 3. The van der Waals surface area contributed by atoms with Gasteiger partial charge in [-0.25, -0.2) is 0 Å². The van der Waals surface area contributed by atoms with E-state index in [0.29, 0.717) is 12.8 Å². The number of rotatable bonds is 8. The molecule has 40 heavy (non-hydrogen) atoms. The molecule has 0 radical (unpaired) electrons. The second kappa shape index (κ2) is 11.7. The molecule has 0 N–H and O–H groups in total. The third-order valence-corrected chi connectivity index (χ3v) is 9.77. The zero-order chi connectivity index (χ0) is 28.5. The minimum absolute atomic E-state index is 0.0781. The zero-order valence-corrected chi connectivity index (χ0v) is 24.0. The number of aryl methyl sites for hydroxylation is 2. The Balaban J connectivity index is 1.53. The maximum atomic E-state index is 13.5. The molecule has 0 amide bonds. The Labute approximate surface area is 235 Å². The molecule has 0 aliphatic carbocycles. The van der Waals surface area contributed by atoms with Crippen molar-refractivity contribution < 1.29 is 39.4 Å².